The molecule has 0 aliphatic heterocycles. The van der Waals surface area contributed by atoms with E-state index in [1.165, 1.54) is 5.57 Å². The second-order valence-corrected chi connectivity index (χ2v) is 4.53. The van der Waals surface area contributed by atoms with Gasteiger partial charge in [-0.05, 0) is 24.6 Å². The summed E-state index contributed by atoms with van der Waals surface area (Å²) in [7, 11) is 0. The second-order valence-electron chi connectivity index (χ2n) is 3.07. The van der Waals surface area contributed by atoms with Gasteiger partial charge < -0.3 is 5.73 Å². The summed E-state index contributed by atoms with van der Waals surface area (Å²) in [6, 6.07) is 5.58. The van der Waals surface area contributed by atoms with Gasteiger partial charge in [0.25, 0.3) is 0 Å². The van der Waals surface area contributed by atoms with Gasteiger partial charge in [0.15, 0.2) is 0 Å². The molecule has 0 saturated carbocycles. The quantitative estimate of drug-likeness (QED) is 0.478. The van der Waals surface area contributed by atoms with Crippen molar-refractivity contribution in [3.63, 3.8) is 0 Å². The standard InChI is InChI=1S/C11H14ClNS/c1-3-8(2)7-14-11-5-4-9(12)6-10(11)13/h4-6H,2-3,7,13H2,1H3. The summed E-state index contributed by atoms with van der Waals surface area (Å²) in [4.78, 5) is 1.07. The van der Waals surface area contributed by atoms with Crippen LogP contribution in [-0.4, -0.2) is 5.75 Å². The van der Waals surface area contributed by atoms with E-state index in [9.17, 15) is 0 Å². The third-order valence-corrected chi connectivity index (χ3v) is 3.37. The SMILES string of the molecule is C=C(CC)CSc1ccc(Cl)cc1N. The molecule has 0 spiro atoms. The fourth-order valence-electron chi connectivity index (χ4n) is 0.933. The Morgan fingerprint density at radius 1 is 1.57 bits per heavy atom. The van der Waals surface area contributed by atoms with Gasteiger partial charge in [-0.15, -0.1) is 11.8 Å². The van der Waals surface area contributed by atoms with Crippen molar-refractivity contribution in [3.8, 4) is 0 Å². The Hall–Kier alpha value is -0.600. The fourth-order valence-corrected chi connectivity index (χ4v) is 2.07. The first-order valence-corrected chi connectivity index (χ1v) is 5.84. The lowest BCUT2D eigenvalue weighted by Gasteiger charge is -2.06. The van der Waals surface area contributed by atoms with Crippen LogP contribution in [-0.2, 0) is 0 Å². The summed E-state index contributed by atoms with van der Waals surface area (Å²) in [5.74, 6) is 0.919. The minimum absolute atomic E-state index is 0.682. The van der Waals surface area contributed by atoms with Crippen LogP contribution in [0.3, 0.4) is 0 Å². The molecule has 1 aromatic carbocycles. The Morgan fingerprint density at radius 3 is 2.86 bits per heavy atom. The Balaban J connectivity index is 2.63. The second kappa shape index (κ2) is 5.32. The van der Waals surface area contributed by atoms with Crippen molar-refractivity contribution in [2.24, 2.45) is 0 Å². The number of nitrogen functional groups attached to an aromatic ring is 1. The molecule has 0 saturated heterocycles. The maximum absolute atomic E-state index is 5.81. The monoisotopic (exact) mass is 227 g/mol. The first-order valence-electron chi connectivity index (χ1n) is 4.48. The zero-order valence-corrected chi connectivity index (χ0v) is 9.79. The molecular weight excluding hydrogens is 214 g/mol. The van der Waals surface area contributed by atoms with Crippen LogP contribution in [0.4, 0.5) is 5.69 Å². The average Bonchev–Trinajstić information content (AvgIpc) is 2.16. The Morgan fingerprint density at radius 2 is 2.29 bits per heavy atom. The Kier molecular flexibility index (Phi) is 4.36. The highest BCUT2D eigenvalue weighted by molar-refractivity contribution is 7.99. The zero-order chi connectivity index (χ0) is 10.6. The van der Waals surface area contributed by atoms with Gasteiger partial charge in [-0.25, -0.2) is 0 Å². The molecule has 2 N–H and O–H groups in total. The fraction of sp³-hybridized carbons (Fsp3) is 0.273. The van der Waals surface area contributed by atoms with E-state index in [1.54, 1.807) is 17.8 Å². The number of benzene rings is 1. The van der Waals surface area contributed by atoms with E-state index in [2.05, 4.69) is 13.5 Å². The normalized spacial score (nSPS) is 10.1. The van der Waals surface area contributed by atoms with E-state index < -0.39 is 0 Å². The highest BCUT2D eigenvalue weighted by Crippen LogP contribution is 2.28. The molecule has 0 radical (unpaired) electrons. The van der Waals surface area contributed by atoms with E-state index in [0.29, 0.717) is 5.02 Å². The average molecular weight is 228 g/mol. The Bertz CT molecular complexity index is 336. The molecule has 76 valence electrons. The molecule has 0 fully saturated rings. The molecule has 0 aromatic heterocycles. The topological polar surface area (TPSA) is 26.0 Å². The van der Waals surface area contributed by atoms with Crippen molar-refractivity contribution < 1.29 is 0 Å². The lowest BCUT2D eigenvalue weighted by atomic mass is 10.3. The number of rotatable bonds is 4. The molecule has 0 amide bonds. The third-order valence-electron chi connectivity index (χ3n) is 1.90. The lowest BCUT2D eigenvalue weighted by molar-refractivity contribution is 1.12. The number of hydrogen-bond donors (Lipinski definition) is 1. The molecule has 1 aromatic rings. The summed E-state index contributed by atoms with van der Waals surface area (Å²) in [6.07, 6.45) is 1.01. The van der Waals surface area contributed by atoms with Crippen LogP contribution in [0.1, 0.15) is 13.3 Å². The Labute approximate surface area is 94.3 Å². The van der Waals surface area contributed by atoms with Gasteiger partial charge in [0, 0.05) is 21.4 Å². The van der Waals surface area contributed by atoms with E-state index >= 15 is 0 Å². The van der Waals surface area contributed by atoms with Crippen molar-refractivity contribution in [1.29, 1.82) is 0 Å². The number of halogens is 1. The van der Waals surface area contributed by atoms with Crippen molar-refractivity contribution in [2.45, 2.75) is 18.2 Å². The van der Waals surface area contributed by atoms with Gasteiger partial charge in [0.1, 0.15) is 0 Å². The van der Waals surface area contributed by atoms with Crippen molar-refractivity contribution in [3.05, 3.63) is 35.4 Å². The van der Waals surface area contributed by atoms with Crippen molar-refractivity contribution in [2.75, 3.05) is 11.5 Å². The van der Waals surface area contributed by atoms with Crippen LogP contribution >= 0.6 is 23.4 Å². The molecule has 0 atom stereocenters. The molecule has 0 unspecified atom stereocenters. The summed E-state index contributed by atoms with van der Waals surface area (Å²) < 4.78 is 0. The van der Waals surface area contributed by atoms with E-state index in [1.807, 2.05) is 12.1 Å². The van der Waals surface area contributed by atoms with Crippen LogP contribution in [0.5, 0.6) is 0 Å². The van der Waals surface area contributed by atoms with Gasteiger partial charge in [-0.2, -0.15) is 0 Å². The minimum atomic E-state index is 0.682. The van der Waals surface area contributed by atoms with Gasteiger partial charge in [0.05, 0.1) is 0 Å². The number of nitrogens with two attached hydrogens (primary N) is 1. The molecule has 3 heteroatoms. The van der Waals surface area contributed by atoms with Crippen LogP contribution in [0.15, 0.2) is 35.2 Å². The zero-order valence-electron chi connectivity index (χ0n) is 8.22. The van der Waals surface area contributed by atoms with Gasteiger partial charge in [-0.3, -0.25) is 0 Å². The first-order chi connectivity index (χ1) is 6.63. The van der Waals surface area contributed by atoms with Crippen LogP contribution in [0, 0.1) is 0 Å². The van der Waals surface area contributed by atoms with Crippen molar-refractivity contribution in [1.82, 2.24) is 0 Å². The van der Waals surface area contributed by atoms with Crippen LogP contribution in [0.2, 0.25) is 5.02 Å². The van der Waals surface area contributed by atoms with Gasteiger partial charge in [0.2, 0.25) is 0 Å². The maximum Gasteiger partial charge on any atom is 0.0467 e. The molecule has 0 bridgehead atoms. The molecule has 0 heterocycles. The van der Waals surface area contributed by atoms with E-state index in [-0.39, 0.29) is 0 Å². The maximum atomic E-state index is 5.81. The minimum Gasteiger partial charge on any atom is -0.398 e. The lowest BCUT2D eigenvalue weighted by Crippen LogP contribution is -1.90. The van der Waals surface area contributed by atoms with Crippen LogP contribution < -0.4 is 5.73 Å². The molecule has 14 heavy (non-hydrogen) atoms. The first kappa shape index (κ1) is 11.5. The van der Waals surface area contributed by atoms with Gasteiger partial charge in [-0.1, -0.05) is 30.7 Å². The largest absolute Gasteiger partial charge is 0.398 e. The van der Waals surface area contributed by atoms with E-state index in [4.69, 9.17) is 17.3 Å². The molecule has 0 aliphatic rings. The predicted molar refractivity (Wildman–Crippen MR) is 66.0 cm³/mol. The molecular formula is C11H14ClNS. The predicted octanol–water partition coefficient (Wildman–Crippen LogP) is 3.98. The summed E-state index contributed by atoms with van der Waals surface area (Å²) in [5.41, 5.74) is 7.78. The number of hydrogen-bond acceptors (Lipinski definition) is 2. The number of anilines is 1. The smallest absolute Gasteiger partial charge is 0.0467 e. The molecule has 0 aliphatic carbocycles. The summed E-state index contributed by atoms with van der Waals surface area (Å²) in [5, 5.41) is 0.682. The van der Waals surface area contributed by atoms with Crippen LogP contribution in [0.25, 0.3) is 0 Å². The number of thioether (sulfide) groups is 1. The third kappa shape index (κ3) is 3.28. The summed E-state index contributed by atoms with van der Waals surface area (Å²) >= 11 is 7.51. The van der Waals surface area contributed by atoms with E-state index in [0.717, 1.165) is 22.8 Å². The highest BCUT2D eigenvalue weighted by Gasteiger charge is 2.01. The molecule has 1 rings (SSSR count). The highest BCUT2D eigenvalue weighted by atomic mass is 35.5. The van der Waals surface area contributed by atoms with Crippen molar-refractivity contribution >= 4 is 29.1 Å². The summed E-state index contributed by atoms with van der Waals surface area (Å²) in [6.45, 7) is 6.05. The molecule has 1 nitrogen and oxygen atoms in total. The van der Waals surface area contributed by atoms with Gasteiger partial charge >= 0.3 is 0 Å².